The van der Waals surface area contributed by atoms with Gasteiger partial charge in [0.05, 0.1) is 4.90 Å². The predicted octanol–water partition coefficient (Wildman–Crippen LogP) is 0.740. The van der Waals surface area contributed by atoms with Crippen LogP contribution < -0.4 is 5.73 Å². The highest BCUT2D eigenvalue weighted by Gasteiger charge is 2.30. The normalized spacial score (nSPS) is 17.2. The minimum absolute atomic E-state index is 0.0892. The SMILES string of the molecule is NC(=O)N1C=Cc2ccccc2S1(=O)=O. The Kier molecular flexibility index (Phi) is 2.01. The van der Waals surface area contributed by atoms with E-state index < -0.39 is 16.1 Å². The predicted molar refractivity (Wildman–Crippen MR) is 54.1 cm³/mol. The second-order valence-corrected chi connectivity index (χ2v) is 4.78. The highest BCUT2D eigenvalue weighted by atomic mass is 32.2. The van der Waals surface area contributed by atoms with Gasteiger partial charge in [-0.2, -0.15) is 4.31 Å². The first kappa shape index (κ1) is 9.72. The van der Waals surface area contributed by atoms with E-state index in [1.165, 1.54) is 12.1 Å². The van der Waals surface area contributed by atoms with Gasteiger partial charge in [0.1, 0.15) is 0 Å². The second-order valence-electron chi connectivity index (χ2n) is 2.99. The van der Waals surface area contributed by atoms with Crippen molar-refractivity contribution in [1.29, 1.82) is 0 Å². The Morgan fingerprint density at radius 2 is 1.93 bits per heavy atom. The molecule has 2 N–H and O–H groups in total. The summed E-state index contributed by atoms with van der Waals surface area (Å²) in [4.78, 5) is 11.0. The largest absolute Gasteiger partial charge is 0.350 e. The van der Waals surface area contributed by atoms with Gasteiger partial charge in [-0.05, 0) is 17.7 Å². The van der Waals surface area contributed by atoms with Crippen LogP contribution in [0.5, 0.6) is 0 Å². The summed E-state index contributed by atoms with van der Waals surface area (Å²) in [5.41, 5.74) is 5.51. The van der Waals surface area contributed by atoms with Crippen LogP contribution in [0.2, 0.25) is 0 Å². The number of hydrogen-bond acceptors (Lipinski definition) is 3. The fraction of sp³-hybridized carbons (Fsp3) is 0. The van der Waals surface area contributed by atoms with Crippen molar-refractivity contribution in [3.63, 3.8) is 0 Å². The third-order valence-corrected chi connectivity index (χ3v) is 3.81. The first-order chi connectivity index (χ1) is 7.03. The highest BCUT2D eigenvalue weighted by molar-refractivity contribution is 7.90. The number of hydrogen-bond donors (Lipinski definition) is 1. The Hall–Kier alpha value is -1.82. The average Bonchev–Trinajstić information content (AvgIpc) is 2.17. The summed E-state index contributed by atoms with van der Waals surface area (Å²) in [6, 6.07) is 5.39. The van der Waals surface area contributed by atoms with Crippen LogP contribution in [0, 0.1) is 0 Å². The molecule has 0 unspecified atom stereocenters. The molecule has 0 radical (unpaired) electrons. The molecule has 0 aromatic heterocycles. The summed E-state index contributed by atoms with van der Waals surface area (Å²) < 4.78 is 24.2. The molecule has 0 fully saturated rings. The molecule has 0 saturated heterocycles. The Balaban J connectivity index is 2.68. The Morgan fingerprint density at radius 3 is 2.60 bits per heavy atom. The van der Waals surface area contributed by atoms with Crippen molar-refractivity contribution in [2.24, 2.45) is 5.73 Å². The standard InChI is InChI=1S/C9H8N2O3S/c10-9(12)11-6-5-7-3-1-2-4-8(7)15(11,13)14/h1-6H,(H2,10,12). The molecular weight excluding hydrogens is 216 g/mol. The van der Waals surface area contributed by atoms with Crippen molar-refractivity contribution in [2.45, 2.75) is 4.90 Å². The van der Waals surface area contributed by atoms with Crippen LogP contribution in [-0.4, -0.2) is 18.8 Å². The van der Waals surface area contributed by atoms with Crippen LogP contribution >= 0.6 is 0 Å². The number of urea groups is 1. The molecule has 0 spiro atoms. The molecule has 1 heterocycles. The topological polar surface area (TPSA) is 80.5 Å². The number of rotatable bonds is 0. The first-order valence-corrected chi connectivity index (χ1v) is 5.58. The fourth-order valence-corrected chi connectivity index (χ4v) is 2.73. The number of benzene rings is 1. The number of carbonyl (C=O) groups is 1. The monoisotopic (exact) mass is 224 g/mol. The quantitative estimate of drug-likeness (QED) is 0.705. The van der Waals surface area contributed by atoms with Gasteiger partial charge < -0.3 is 5.73 Å². The maximum atomic E-state index is 11.8. The molecule has 1 aromatic carbocycles. The van der Waals surface area contributed by atoms with Crippen LogP contribution in [-0.2, 0) is 10.0 Å². The maximum absolute atomic E-state index is 11.8. The minimum atomic E-state index is -3.81. The van der Waals surface area contributed by atoms with Gasteiger partial charge >= 0.3 is 6.03 Å². The number of carbonyl (C=O) groups excluding carboxylic acids is 1. The van der Waals surface area contributed by atoms with Crippen molar-refractivity contribution < 1.29 is 13.2 Å². The third-order valence-electron chi connectivity index (χ3n) is 2.06. The molecule has 6 heteroatoms. The van der Waals surface area contributed by atoms with Gasteiger partial charge in [0.15, 0.2) is 0 Å². The van der Waals surface area contributed by atoms with Crippen LogP contribution in [0.1, 0.15) is 5.56 Å². The molecule has 2 rings (SSSR count). The van der Waals surface area contributed by atoms with Gasteiger partial charge in [0.2, 0.25) is 0 Å². The van der Waals surface area contributed by atoms with Gasteiger partial charge in [-0.1, -0.05) is 18.2 Å². The Bertz CT molecular complexity index is 548. The lowest BCUT2D eigenvalue weighted by atomic mass is 10.2. The molecule has 2 amide bonds. The molecule has 78 valence electrons. The molecule has 0 saturated carbocycles. The molecule has 15 heavy (non-hydrogen) atoms. The third kappa shape index (κ3) is 1.39. The summed E-state index contributed by atoms with van der Waals surface area (Å²) >= 11 is 0. The van der Waals surface area contributed by atoms with E-state index in [4.69, 9.17) is 5.73 Å². The van der Waals surface area contributed by atoms with E-state index in [1.807, 2.05) is 0 Å². The first-order valence-electron chi connectivity index (χ1n) is 4.14. The van der Waals surface area contributed by atoms with E-state index in [9.17, 15) is 13.2 Å². The van der Waals surface area contributed by atoms with Gasteiger partial charge in [-0.15, -0.1) is 0 Å². The van der Waals surface area contributed by atoms with Gasteiger partial charge in [-0.25, -0.2) is 13.2 Å². The zero-order valence-electron chi connectivity index (χ0n) is 7.62. The van der Waals surface area contributed by atoms with Gasteiger partial charge in [0.25, 0.3) is 10.0 Å². The van der Waals surface area contributed by atoms with Crippen molar-refractivity contribution >= 4 is 22.1 Å². The lowest BCUT2D eigenvalue weighted by Gasteiger charge is -2.21. The average molecular weight is 224 g/mol. The van der Waals surface area contributed by atoms with Crippen LogP contribution in [0.4, 0.5) is 4.79 Å². The van der Waals surface area contributed by atoms with E-state index in [0.29, 0.717) is 9.87 Å². The second kappa shape index (κ2) is 3.09. The number of primary amides is 1. The summed E-state index contributed by atoms with van der Waals surface area (Å²) in [5, 5.41) is 0. The van der Waals surface area contributed by atoms with E-state index in [-0.39, 0.29) is 4.90 Å². The van der Waals surface area contributed by atoms with E-state index in [2.05, 4.69) is 0 Å². The fourth-order valence-electron chi connectivity index (χ4n) is 1.38. The van der Waals surface area contributed by atoms with E-state index >= 15 is 0 Å². The summed E-state index contributed by atoms with van der Waals surface area (Å²) in [5.74, 6) is 0. The number of amides is 2. The number of sulfonamides is 1. The summed E-state index contributed by atoms with van der Waals surface area (Å²) in [7, 11) is -3.81. The highest BCUT2D eigenvalue weighted by Crippen LogP contribution is 2.25. The maximum Gasteiger partial charge on any atom is 0.332 e. The van der Waals surface area contributed by atoms with Crippen LogP contribution in [0.3, 0.4) is 0 Å². The number of fused-ring (bicyclic) bond motifs is 1. The summed E-state index contributed by atoms with van der Waals surface area (Å²) in [6.45, 7) is 0. The smallest absolute Gasteiger partial charge is 0.332 e. The zero-order valence-corrected chi connectivity index (χ0v) is 8.44. The van der Waals surface area contributed by atoms with Crippen LogP contribution in [0.15, 0.2) is 35.4 Å². The van der Waals surface area contributed by atoms with Crippen molar-refractivity contribution in [3.05, 3.63) is 36.0 Å². The molecule has 0 atom stereocenters. The molecular formula is C9H8N2O3S. The van der Waals surface area contributed by atoms with Gasteiger partial charge in [0, 0.05) is 6.20 Å². The number of nitrogens with zero attached hydrogens (tertiary/aromatic N) is 1. The van der Waals surface area contributed by atoms with E-state index in [0.717, 1.165) is 6.20 Å². The van der Waals surface area contributed by atoms with Crippen LogP contribution in [0.25, 0.3) is 6.08 Å². The lowest BCUT2D eigenvalue weighted by molar-refractivity contribution is 0.240. The van der Waals surface area contributed by atoms with Crippen molar-refractivity contribution in [1.82, 2.24) is 4.31 Å². The molecule has 1 aliphatic rings. The van der Waals surface area contributed by atoms with Crippen molar-refractivity contribution in [2.75, 3.05) is 0 Å². The zero-order chi connectivity index (χ0) is 11.1. The lowest BCUT2D eigenvalue weighted by Crippen LogP contribution is -2.38. The van der Waals surface area contributed by atoms with Crippen molar-refractivity contribution in [3.8, 4) is 0 Å². The Labute approximate surface area is 86.9 Å². The molecule has 5 nitrogen and oxygen atoms in total. The van der Waals surface area contributed by atoms with Gasteiger partial charge in [-0.3, -0.25) is 0 Å². The molecule has 0 aliphatic carbocycles. The molecule has 1 aliphatic heterocycles. The summed E-state index contributed by atoms with van der Waals surface area (Å²) in [6.07, 6.45) is 2.68. The molecule has 0 bridgehead atoms. The minimum Gasteiger partial charge on any atom is -0.350 e. The molecule has 1 aromatic rings. The van der Waals surface area contributed by atoms with E-state index in [1.54, 1.807) is 18.2 Å². The number of nitrogens with two attached hydrogens (primary N) is 1. The Morgan fingerprint density at radius 1 is 1.27 bits per heavy atom.